The van der Waals surface area contributed by atoms with Crippen LogP contribution in [-0.4, -0.2) is 26.2 Å². The Balaban J connectivity index is 2.37. The van der Waals surface area contributed by atoms with Crippen LogP contribution in [-0.2, 0) is 19.1 Å². The van der Waals surface area contributed by atoms with E-state index in [2.05, 4.69) is 0 Å². The van der Waals surface area contributed by atoms with Crippen LogP contribution in [0, 0.1) is 5.92 Å². The minimum absolute atomic E-state index is 0.285. The molecule has 4 nitrogen and oxygen atoms in total. The molecule has 1 atom stereocenters. The monoisotopic (exact) mass is 292 g/mol. The van der Waals surface area contributed by atoms with Gasteiger partial charge in [-0.05, 0) is 17.5 Å². The van der Waals surface area contributed by atoms with Gasteiger partial charge in [-0.2, -0.15) is 0 Å². The molecule has 0 aliphatic heterocycles. The fraction of sp³-hybridized carbons (Fsp3) is 0.333. The minimum Gasteiger partial charge on any atom is -0.468 e. The van der Waals surface area contributed by atoms with E-state index in [1.54, 1.807) is 11.3 Å². The standard InChI is InChI=1S/C15H16O4S/c1-9(13(14(16)18-2)15(17)19-3)12-8-10-6-4-5-7-11(10)20-12/h4-9,13H,1-3H3. The second kappa shape index (κ2) is 6.05. The van der Waals surface area contributed by atoms with Crippen LogP contribution in [0.1, 0.15) is 17.7 Å². The first-order chi connectivity index (χ1) is 9.58. The molecular formula is C15H16O4S. The number of benzene rings is 1. The number of rotatable bonds is 4. The number of ether oxygens (including phenoxy) is 2. The normalized spacial score (nSPS) is 12.4. The number of hydrogen-bond donors (Lipinski definition) is 0. The Morgan fingerprint density at radius 1 is 1.10 bits per heavy atom. The maximum Gasteiger partial charge on any atom is 0.320 e. The van der Waals surface area contributed by atoms with Crippen molar-refractivity contribution in [3.05, 3.63) is 35.2 Å². The molecule has 0 spiro atoms. The molecule has 0 saturated carbocycles. The van der Waals surface area contributed by atoms with Crippen LogP contribution in [0.15, 0.2) is 30.3 Å². The van der Waals surface area contributed by atoms with Gasteiger partial charge in [0.15, 0.2) is 5.92 Å². The van der Waals surface area contributed by atoms with Gasteiger partial charge in [-0.1, -0.05) is 25.1 Å². The van der Waals surface area contributed by atoms with Crippen molar-refractivity contribution in [3.8, 4) is 0 Å². The highest BCUT2D eigenvalue weighted by atomic mass is 32.1. The third kappa shape index (κ3) is 2.67. The lowest BCUT2D eigenvalue weighted by molar-refractivity contribution is -0.159. The fourth-order valence-electron chi connectivity index (χ4n) is 2.15. The molecule has 0 aliphatic carbocycles. The predicted molar refractivity (Wildman–Crippen MR) is 77.8 cm³/mol. The zero-order valence-corrected chi connectivity index (χ0v) is 12.4. The molecule has 0 bridgehead atoms. The molecule has 1 aromatic carbocycles. The van der Waals surface area contributed by atoms with E-state index in [1.807, 2.05) is 37.3 Å². The van der Waals surface area contributed by atoms with Crippen LogP contribution in [0.25, 0.3) is 10.1 Å². The molecule has 0 N–H and O–H groups in total. The van der Waals surface area contributed by atoms with Crippen LogP contribution < -0.4 is 0 Å². The molecule has 0 radical (unpaired) electrons. The highest BCUT2D eigenvalue weighted by molar-refractivity contribution is 7.19. The van der Waals surface area contributed by atoms with E-state index < -0.39 is 17.9 Å². The summed E-state index contributed by atoms with van der Waals surface area (Å²) in [5, 5.41) is 1.10. The molecule has 5 heteroatoms. The van der Waals surface area contributed by atoms with Gasteiger partial charge in [-0.3, -0.25) is 9.59 Å². The third-order valence-electron chi connectivity index (χ3n) is 3.30. The van der Waals surface area contributed by atoms with Gasteiger partial charge in [0, 0.05) is 15.5 Å². The van der Waals surface area contributed by atoms with Crippen LogP contribution in [0.5, 0.6) is 0 Å². The number of methoxy groups -OCH3 is 2. The smallest absolute Gasteiger partial charge is 0.320 e. The number of carbonyl (C=O) groups excluding carboxylic acids is 2. The van der Waals surface area contributed by atoms with E-state index in [-0.39, 0.29) is 5.92 Å². The Bertz CT molecular complexity index is 583. The Kier molecular flexibility index (Phi) is 4.39. The molecule has 1 aromatic heterocycles. The highest BCUT2D eigenvalue weighted by Gasteiger charge is 2.35. The molecule has 1 unspecified atom stereocenters. The summed E-state index contributed by atoms with van der Waals surface area (Å²) < 4.78 is 10.6. The van der Waals surface area contributed by atoms with Crippen molar-refractivity contribution in [2.45, 2.75) is 12.8 Å². The molecule has 0 amide bonds. The van der Waals surface area contributed by atoms with Gasteiger partial charge >= 0.3 is 11.9 Å². The Labute approximate surface area is 121 Å². The first-order valence-corrected chi connectivity index (χ1v) is 7.04. The van der Waals surface area contributed by atoms with Gasteiger partial charge in [0.05, 0.1) is 14.2 Å². The predicted octanol–water partition coefficient (Wildman–Crippen LogP) is 2.97. The topological polar surface area (TPSA) is 52.6 Å². The molecule has 0 saturated heterocycles. The Morgan fingerprint density at radius 2 is 1.70 bits per heavy atom. The largest absolute Gasteiger partial charge is 0.468 e. The second-order valence-corrected chi connectivity index (χ2v) is 5.61. The maximum absolute atomic E-state index is 11.8. The van der Waals surface area contributed by atoms with E-state index >= 15 is 0 Å². The number of thiophene rings is 1. The lowest BCUT2D eigenvalue weighted by Crippen LogP contribution is -2.30. The van der Waals surface area contributed by atoms with Crippen LogP contribution >= 0.6 is 11.3 Å². The third-order valence-corrected chi connectivity index (χ3v) is 4.62. The average Bonchev–Trinajstić information content (AvgIpc) is 2.90. The quantitative estimate of drug-likeness (QED) is 0.642. The van der Waals surface area contributed by atoms with Gasteiger partial charge in [-0.15, -0.1) is 11.3 Å². The average molecular weight is 292 g/mol. The summed E-state index contributed by atoms with van der Waals surface area (Å²) in [6.07, 6.45) is 0. The number of hydrogen-bond acceptors (Lipinski definition) is 5. The van der Waals surface area contributed by atoms with Crippen LogP contribution in [0.4, 0.5) is 0 Å². The van der Waals surface area contributed by atoms with E-state index in [9.17, 15) is 9.59 Å². The molecular weight excluding hydrogens is 276 g/mol. The first-order valence-electron chi connectivity index (χ1n) is 6.22. The minimum atomic E-state index is -0.932. The van der Waals surface area contributed by atoms with Crippen molar-refractivity contribution < 1.29 is 19.1 Å². The summed E-state index contributed by atoms with van der Waals surface area (Å²) in [6, 6.07) is 9.95. The lowest BCUT2D eigenvalue weighted by atomic mass is 9.92. The van der Waals surface area contributed by atoms with E-state index in [4.69, 9.17) is 9.47 Å². The van der Waals surface area contributed by atoms with Gasteiger partial charge in [0.1, 0.15) is 0 Å². The summed E-state index contributed by atoms with van der Waals surface area (Å²) in [5.74, 6) is -2.35. The molecule has 0 fully saturated rings. The van der Waals surface area contributed by atoms with E-state index in [0.29, 0.717) is 0 Å². The zero-order chi connectivity index (χ0) is 14.7. The fourth-order valence-corrected chi connectivity index (χ4v) is 3.30. The summed E-state index contributed by atoms with van der Waals surface area (Å²) in [7, 11) is 2.55. The van der Waals surface area contributed by atoms with Crippen LogP contribution in [0.2, 0.25) is 0 Å². The molecule has 2 aromatic rings. The summed E-state index contributed by atoms with van der Waals surface area (Å²) >= 11 is 1.57. The maximum atomic E-state index is 11.8. The van der Waals surface area contributed by atoms with E-state index in [1.165, 1.54) is 14.2 Å². The SMILES string of the molecule is COC(=O)C(C(=O)OC)C(C)c1cc2ccccc2s1. The van der Waals surface area contributed by atoms with Gasteiger partial charge in [0.2, 0.25) is 0 Å². The van der Waals surface area contributed by atoms with Crippen molar-refractivity contribution >= 4 is 33.4 Å². The van der Waals surface area contributed by atoms with Crippen molar-refractivity contribution in [2.24, 2.45) is 5.92 Å². The molecule has 20 heavy (non-hydrogen) atoms. The summed E-state index contributed by atoms with van der Waals surface area (Å²) in [5.41, 5.74) is 0. The molecule has 1 heterocycles. The molecule has 2 rings (SSSR count). The zero-order valence-electron chi connectivity index (χ0n) is 11.6. The van der Waals surface area contributed by atoms with Crippen molar-refractivity contribution in [2.75, 3.05) is 14.2 Å². The Hall–Kier alpha value is -1.88. The Morgan fingerprint density at radius 3 is 2.25 bits per heavy atom. The van der Waals surface area contributed by atoms with Crippen LogP contribution in [0.3, 0.4) is 0 Å². The lowest BCUT2D eigenvalue weighted by Gasteiger charge is -2.18. The first kappa shape index (κ1) is 14.5. The summed E-state index contributed by atoms with van der Waals surface area (Å²) in [4.78, 5) is 24.6. The van der Waals surface area contributed by atoms with Crippen molar-refractivity contribution in [3.63, 3.8) is 0 Å². The van der Waals surface area contributed by atoms with Gasteiger partial charge in [0.25, 0.3) is 0 Å². The molecule has 106 valence electrons. The van der Waals surface area contributed by atoms with Gasteiger partial charge in [-0.25, -0.2) is 0 Å². The highest BCUT2D eigenvalue weighted by Crippen LogP contribution is 2.35. The van der Waals surface area contributed by atoms with Crippen molar-refractivity contribution in [1.29, 1.82) is 0 Å². The van der Waals surface area contributed by atoms with E-state index in [0.717, 1.165) is 15.0 Å². The summed E-state index contributed by atoms with van der Waals surface area (Å²) in [6.45, 7) is 1.84. The number of fused-ring (bicyclic) bond motifs is 1. The molecule has 0 aliphatic rings. The van der Waals surface area contributed by atoms with Crippen molar-refractivity contribution in [1.82, 2.24) is 0 Å². The van der Waals surface area contributed by atoms with Gasteiger partial charge < -0.3 is 9.47 Å². The second-order valence-electron chi connectivity index (χ2n) is 4.50. The number of esters is 2. The number of carbonyl (C=O) groups is 2.